The quantitative estimate of drug-likeness (QED) is 0.630. The Kier molecular flexibility index (Phi) is 5.06. The summed E-state index contributed by atoms with van der Waals surface area (Å²) < 4.78 is 5.27. The van der Waals surface area contributed by atoms with E-state index in [1.807, 2.05) is 11.8 Å². The Hall–Kier alpha value is 0.200. The predicted octanol–water partition coefficient (Wildman–Crippen LogP) is 2.18. The lowest BCUT2D eigenvalue weighted by atomic mass is 9.95. The van der Waals surface area contributed by atoms with Gasteiger partial charge in [-0.05, 0) is 12.8 Å². The van der Waals surface area contributed by atoms with E-state index < -0.39 is 0 Å². The van der Waals surface area contributed by atoms with Crippen LogP contribution < -0.4 is 5.32 Å². The first-order valence-corrected chi connectivity index (χ1v) is 5.94. The minimum atomic E-state index is 0.714. The van der Waals surface area contributed by atoms with Gasteiger partial charge in [-0.2, -0.15) is 0 Å². The monoisotopic (exact) mass is 219 g/mol. The maximum atomic E-state index is 5.09. The highest BCUT2D eigenvalue weighted by atomic mass is 32.2. The van der Waals surface area contributed by atoms with Crippen LogP contribution in [0.2, 0.25) is 0 Å². The lowest BCUT2D eigenvalue weighted by Crippen LogP contribution is -2.33. The van der Waals surface area contributed by atoms with Gasteiger partial charge in [0.25, 0.3) is 0 Å². The fourth-order valence-corrected chi connectivity index (χ4v) is 3.40. The first kappa shape index (κ1) is 11.3. The van der Waals surface area contributed by atoms with E-state index in [-0.39, 0.29) is 0 Å². The number of ether oxygens (including phenoxy) is 1. The van der Waals surface area contributed by atoms with E-state index in [4.69, 9.17) is 12.2 Å². The molecule has 2 fully saturated rings. The molecule has 2 aliphatic rings. The molecule has 1 saturated heterocycles. The highest BCUT2D eigenvalue weighted by Crippen LogP contribution is 2.34. The average molecular weight is 219 g/mol. The summed E-state index contributed by atoms with van der Waals surface area (Å²) in [4.78, 5) is 0. The van der Waals surface area contributed by atoms with Crippen LogP contribution in [0.25, 0.3) is 0 Å². The molecule has 76 valence electrons. The number of thioether (sulfide) groups is 1. The van der Waals surface area contributed by atoms with E-state index in [0.29, 0.717) is 6.04 Å². The largest absolute Gasteiger partial charge is 0.388 e. The Morgan fingerprint density at radius 2 is 2.00 bits per heavy atom. The van der Waals surface area contributed by atoms with Gasteiger partial charge in [0.2, 0.25) is 0 Å². The number of hydrogen-bond acceptors (Lipinski definition) is 3. The molecule has 1 saturated carbocycles. The summed E-state index contributed by atoms with van der Waals surface area (Å²) in [6.07, 6.45) is 5.48. The van der Waals surface area contributed by atoms with E-state index in [2.05, 4.69) is 10.1 Å². The van der Waals surface area contributed by atoms with Crippen molar-refractivity contribution < 1.29 is 4.74 Å². The molecule has 13 heavy (non-hydrogen) atoms. The number of hydrogen-bond donors (Lipinski definition) is 1. The summed E-state index contributed by atoms with van der Waals surface area (Å²) in [6.45, 7) is 0. The molecule has 2 unspecified atom stereocenters. The Bertz CT molecular complexity index is 159. The van der Waals surface area contributed by atoms with Crippen molar-refractivity contribution in [3.63, 3.8) is 0 Å². The molecular formula is C9H17NOS2. The Labute approximate surface area is 89.8 Å². The average Bonchev–Trinajstić information content (AvgIpc) is 2.45. The predicted molar refractivity (Wildman–Crippen MR) is 62.3 cm³/mol. The van der Waals surface area contributed by atoms with Crippen molar-refractivity contribution in [1.82, 2.24) is 5.32 Å². The van der Waals surface area contributed by atoms with Crippen molar-refractivity contribution in [2.24, 2.45) is 0 Å². The highest BCUT2D eigenvalue weighted by molar-refractivity contribution is 8.23. The van der Waals surface area contributed by atoms with Crippen LogP contribution in [0.1, 0.15) is 25.7 Å². The molecular weight excluding hydrogens is 202 g/mol. The zero-order chi connectivity index (χ0) is 9.68. The van der Waals surface area contributed by atoms with Gasteiger partial charge >= 0.3 is 0 Å². The molecule has 1 heterocycles. The minimum Gasteiger partial charge on any atom is -0.388 e. The Balaban J connectivity index is 0.000000251. The first-order chi connectivity index (χ1) is 6.27. The molecule has 1 aliphatic heterocycles. The van der Waals surface area contributed by atoms with Crippen LogP contribution in [-0.2, 0) is 4.74 Å². The topological polar surface area (TPSA) is 21.3 Å². The third-order valence-corrected chi connectivity index (χ3v) is 3.87. The van der Waals surface area contributed by atoms with Crippen LogP contribution in [0.4, 0.5) is 0 Å². The molecule has 4 heteroatoms. The maximum absolute atomic E-state index is 5.09. The van der Waals surface area contributed by atoms with Gasteiger partial charge in [-0.3, -0.25) is 0 Å². The fourth-order valence-electron chi connectivity index (χ4n) is 1.73. The molecule has 0 radical (unpaired) electrons. The summed E-state index contributed by atoms with van der Waals surface area (Å²) in [6, 6.07) is 0.714. The third kappa shape index (κ3) is 3.44. The second-order valence-electron chi connectivity index (χ2n) is 3.39. The van der Waals surface area contributed by atoms with Gasteiger partial charge in [-0.15, -0.1) is 0 Å². The van der Waals surface area contributed by atoms with E-state index in [1.165, 1.54) is 25.7 Å². The molecule has 1 N–H and O–H groups in total. The van der Waals surface area contributed by atoms with Crippen LogP contribution in [0.5, 0.6) is 0 Å². The van der Waals surface area contributed by atoms with E-state index >= 15 is 0 Å². The van der Waals surface area contributed by atoms with Crippen molar-refractivity contribution in [2.75, 3.05) is 14.2 Å². The minimum absolute atomic E-state index is 0.714. The zero-order valence-electron chi connectivity index (χ0n) is 8.21. The van der Waals surface area contributed by atoms with Crippen LogP contribution >= 0.6 is 24.0 Å². The standard InChI is InChI=1S/C7H11NS2.C2H6O/c9-7-8-5-3-1-2-4-6(5)10-7;1-3-2/h5-6H,1-4H2,(H,8,9);1-2H3. The fraction of sp³-hybridized carbons (Fsp3) is 0.889. The number of nitrogens with one attached hydrogen (secondary N) is 1. The highest BCUT2D eigenvalue weighted by Gasteiger charge is 2.32. The van der Waals surface area contributed by atoms with Crippen molar-refractivity contribution in [1.29, 1.82) is 0 Å². The molecule has 0 bridgehead atoms. The summed E-state index contributed by atoms with van der Waals surface area (Å²) >= 11 is 6.96. The number of thiocarbonyl (C=S) groups is 1. The Morgan fingerprint density at radius 3 is 2.62 bits per heavy atom. The molecule has 2 rings (SSSR count). The lowest BCUT2D eigenvalue weighted by Gasteiger charge is -2.22. The van der Waals surface area contributed by atoms with Crippen LogP contribution in [0.3, 0.4) is 0 Å². The first-order valence-electron chi connectivity index (χ1n) is 4.65. The van der Waals surface area contributed by atoms with Crippen molar-refractivity contribution in [2.45, 2.75) is 37.0 Å². The van der Waals surface area contributed by atoms with Crippen LogP contribution in [0, 0.1) is 0 Å². The Morgan fingerprint density at radius 1 is 1.38 bits per heavy atom. The van der Waals surface area contributed by atoms with E-state index in [9.17, 15) is 0 Å². The number of methoxy groups -OCH3 is 1. The van der Waals surface area contributed by atoms with Gasteiger partial charge in [0.05, 0.1) is 0 Å². The molecule has 0 aromatic heterocycles. The van der Waals surface area contributed by atoms with E-state index in [0.717, 1.165) is 9.57 Å². The van der Waals surface area contributed by atoms with Crippen LogP contribution in [-0.4, -0.2) is 29.8 Å². The van der Waals surface area contributed by atoms with Crippen molar-refractivity contribution >= 4 is 28.3 Å². The molecule has 0 spiro atoms. The molecule has 0 aromatic rings. The smallest absolute Gasteiger partial charge is 0.134 e. The molecule has 2 atom stereocenters. The lowest BCUT2D eigenvalue weighted by molar-refractivity contribution is 0.277. The second kappa shape index (κ2) is 5.83. The number of fused-ring (bicyclic) bond motifs is 1. The second-order valence-corrected chi connectivity index (χ2v) is 5.30. The SMILES string of the molecule is COC.S=C1NC2CCCCC2S1. The maximum Gasteiger partial charge on any atom is 0.134 e. The zero-order valence-corrected chi connectivity index (χ0v) is 9.84. The van der Waals surface area contributed by atoms with Gasteiger partial charge in [-0.25, -0.2) is 0 Å². The van der Waals surface area contributed by atoms with Gasteiger partial charge < -0.3 is 10.1 Å². The molecule has 0 aromatic carbocycles. The van der Waals surface area contributed by atoms with Crippen molar-refractivity contribution in [3.05, 3.63) is 0 Å². The summed E-state index contributed by atoms with van der Waals surface area (Å²) in [5.41, 5.74) is 0. The van der Waals surface area contributed by atoms with Gasteiger partial charge in [0.1, 0.15) is 4.32 Å². The molecule has 0 amide bonds. The van der Waals surface area contributed by atoms with Crippen LogP contribution in [0.15, 0.2) is 0 Å². The van der Waals surface area contributed by atoms with E-state index in [1.54, 1.807) is 14.2 Å². The van der Waals surface area contributed by atoms with Gasteiger partial charge in [0, 0.05) is 25.5 Å². The summed E-state index contributed by atoms with van der Waals surface area (Å²) in [5.74, 6) is 0. The summed E-state index contributed by atoms with van der Waals surface area (Å²) in [5, 5.41) is 4.16. The van der Waals surface area contributed by atoms with Crippen molar-refractivity contribution in [3.8, 4) is 0 Å². The van der Waals surface area contributed by atoms with Gasteiger partial charge in [-0.1, -0.05) is 36.8 Å². The number of rotatable bonds is 0. The van der Waals surface area contributed by atoms with Gasteiger partial charge in [0.15, 0.2) is 0 Å². The third-order valence-electron chi connectivity index (χ3n) is 2.26. The summed E-state index contributed by atoms with van der Waals surface area (Å²) in [7, 11) is 3.25. The molecule has 2 nitrogen and oxygen atoms in total. The normalized spacial score (nSPS) is 31.4. The molecule has 1 aliphatic carbocycles.